The number of benzene rings is 2. The summed E-state index contributed by atoms with van der Waals surface area (Å²) in [5.41, 5.74) is 2.17. The number of nitrogens with one attached hydrogen (secondary N) is 1. The predicted molar refractivity (Wildman–Crippen MR) is 112 cm³/mol. The van der Waals surface area contributed by atoms with Crippen LogP contribution in [-0.4, -0.2) is 38.0 Å². The quantitative estimate of drug-likeness (QED) is 0.198. The van der Waals surface area contributed by atoms with Crippen LogP contribution < -0.4 is 5.32 Å². The SMILES string of the molecule is O[P+](O)(O)OCCNCc1ccc(-c2nnc(SCc3cccc(Cl)c3F)o2)cc1. The van der Waals surface area contributed by atoms with Crippen LogP contribution >= 0.6 is 31.5 Å². The summed E-state index contributed by atoms with van der Waals surface area (Å²) in [7, 11) is -4.18. The van der Waals surface area contributed by atoms with E-state index in [0.29, 0.717) is 35.5 Å². The molecule has 0 unspecified atom stereocenters. The lowest BCUT2D eigenvalue weighted by molar-refractivity contribution is 0.161. The van der Waals surface area contributed by atoms with Crippen molar-refractivity contribution < 1.29 is 28.0 Å². The van der Waals surface area contributed by atoms with Gasteiger partial charge in [-0.05, 0) is 29.3 Å². The second-order valence-corrected chi connectivity index (χ2v) is 8.71. The molecule has 8 nitrogen and oxygen atoms in total. The summed E-state index contributed by atoms with van der Waals surface area (Å²) < 4.78 is 24.0. The highest BCUT2D eigenvalue weighted by Crippen LogP contribution is 2.45. The summed E-state index contributed by atoms with van der Waals surface area (Å²) in [5.74, 6) is 0.215. The van der Waals surface area contributed by atoms with Gasteiger partial charge in [-0.3, -0.25) is 0 Å². The number of rotatable bonds is 10. The predicted octanol–water partition coefficient (Wildman–Crippen LogP) is 3.58. The third kappa shape index (κ3) is 6.97. The van der Waals surface area contributed by atoms with Crippen molar-refractivity contribution in [3.05, 3.63) is 64.4 Å². The van der Waals surface area contributed by atoms with Gasteiger partial charge < -0.3 is 9.73 Å². The Morgan fingerprint density at radius 1 is 1.13 bits per heavy atom. The Bertz CT molecular complexity index is 971. The molecule has 0 aliphatic heterocycles. The molecule has 0 atom stereocenters. The Labute approximate surface area is 181 Å². The van der Waals surface area contributed by atoms with Crippen molar-refractivity contribution in [3.63, 3.8) is 0 Å². The van der Waals surface area contributed by atoms with Crippen LogP contribution in [0.4, 0.5) is 4.39 Å². The molecule has 0 radical (unpaired) electrons. The minimum Gasteiger partial charge on any atom is -0.411 e. The maximum Gasteiger partial charge on any atom is 0.567 e. The average Bonchev–Trinajstić information content (AvgIpc) is 3.17. The van der Waals surface area contributed by atoms with Crippen molar-refractivity contribution in [2.75, 3.05) is 13.2 Å². The van der Waals surface area contributed by atoms with Gasteiger partial charge in [0.2, 0.25) is 5.89 Å². The topological polar surface area (TPSA) is 121 Å². The average molecular weight is 475 g/mol. The number of hydrogen-bond donors (Lipinski definition) is 4. The lowest BCUT2D eigenvalue weighted by Crippen LogP contribution is -2.19. The maximum atomic E-state index is 13.9. The fourth-order valence-corrected chi connectivity index (χ4v) is 3.69. The number of hydrogen-bond acceptors (Lipinski definition) is 9. The minimum absolute atomic E-state index is 0.0309. The van der Waals surface area contributed by atoms with Gasteiger partial charge >= 0.3 is 8.17 Å². The maximum absolute atomic E-state index is 13.9. The smallest absolute Gasteiger partial charge is 0.411 e. The summed E-state index contributed by atoms with van der Waals surface area (Å²) in [6.45, 7) is 0.826. The van der Waals surface area contributed by atoms with Gasteiger partial charge in [0, 0.05) is 24.4 Å². The van der Waals surface area contributed by atoms with E-state index in [2.05, 4.69) is 20.0 Å². The molecular weight excluding hydrogens is 456 g/mol. The zero-order valence-corrected chi connectivity index (χ0v) is 18.0. The number of nitrogens with zero attached hydrogens (tertiary/aromatic N) is 2. The summed E-state index contributed by atoms with van der Waals surface area (Å²) in [5, 5.41) is 11.4. The zero-order chi connectivity index (χ0) is 21.6. The molecule has 3 rings (SSSR count). The van der Waals surface area contributed by atoms with Crippen LogP contribution in [0.15, 0.2) is 52.1 Å². The van der Waals surface area contributed by atoms with Crippen molar-refractivity contribution in [2.45, 2.75) is 17.5 Å². The summed E-state index contributed by atoms with van der Waals surface area (Å²) in [6, 6.07) is 12.2. The lowest BCUT2D eigenvalue weighted by Gasteiger charge is -2.06. The van der Waals surface area contributed by atoms with E-state index in [1.54, 1.807) is 12.1 Å². The molecule has 2 aromatic carbocycles. The highest BCUT2D eigenvalue weighted by atomic mass is 35.5. The molecule has 0 spiro atoms. The van der Waals surface area contributed by atoms with Gasteiger partial charge in [0.15, 0.2) is 0 Å². The van der Waals surface area contributed by atoms with Gasteiger partial charge in [-0.1, -0.05) is 47.6 Å². The normalized spacial score (nSPS) is 11.8. The lowest BCUT2D eigenvalue weighted by atomic mass is 10.1. The van der Waals surface area contributed by atoms with Gasteiger partial charge in [-0.25, -0.2) is 4.39 Å². The standard InChI is InChI=1S/C18H19ClFN3O5PS/c19-15-3-1-2-14(16(15)20)11-30-18-23-22-17(28-18)13-6-4-12(5-7-13)10-21-8-9-27-29(24,25)26/h1-7,21,24-26H,8-11H2/q+1. The van der Waals surface area contributed by atoms with E-state index in [-0.39, 0.29) is 11.6 Å². The monoisotopic (exact) mass is 474 g/mol. The summed E-state index contributed by atoms with van der Waals surface area (Å²) in [4.78, 5) is 26.2. The molecular formula is C18H19ClFN3O5PS+. The van der Waals surface area contributed by atoms with Crippen LogP contribution in [0.1, 0.15) is 11.1 Å². The van der Waals surface area contributed by atoms with Gasteiger partial charge in [0.1, 0.15) is 12.4 Å². The molecule has 0 amide bonds. The summed E-state index contributed by atoms with van der Waals surface area (Å²) in [6.07, 6.45) is 0. The van der Waals surface area contributed by atoms with Crippen LogP contribution in [0.2, 0.25) is 5.02 Å². The fourth-order valence-electron chi connectivity index (χ4n) is 2.42. The molecule has 0 fully saturated rings. The Kier molecular flexibility index (Phi) is 8.15. The molecule has 0 aliphatic carbocycles. The molecule has 1 aromatic heterocycles. The Morgan fingerprint density at radius 2 is 1.90 bits per heavy atom. The second kappa shape index (κ2) is 10.6. The molecule has 4 N–H and O–H groups in total. The van der Waals surface area contributed by atoms with Crippen LogP contribution in [0.5, 0.6) is 0 Å². The first-order chi connectivity index (χ1) is 14.3. The molecule has 0 saturated heterocycles. The van der Waals surface area contributed by atoms with E-state index >= 15 is 0 Å². The molecule has 0 saturated carbocycles. The molecule has 3 aromatic rings. The van der Waals surface area contributed by atoms with E-state index in [1.807, 2.05) is 24.3 Å². The molecule has 30 heavy (non-hydrogen) atoms. The molecule has 1 heterocycles. The number of halogens is 2. The van der Waals surface area contributed by atoms with Crippen molar-refractivity contribution >= 4 is 31.5 Å². The van der Waals surface area contributed by atoms with Crippen LogP contribution in [0.25, 0.3) is 11.5 Å². The van der Waals surface area contributed by atoms with Crippen LogP contribution in [0.3, 0.4) is 0 Å². The third-order valence-corrected chi connectivity index (χ3v) is 5.55. The van der Waals surface area contributed by atoms with Gasteiger partial charge in [-0.2, -0.15) is 19.2 Å². The van der Waals surface area contributed by atoms with E-state index < -0.39 is 14.0 Å². The Morgan fingerprint density at radius 3 is 2.63 bits per heavy atom. The van der Waals surface area contributed by atoms with E-state index in [4.69, 9.17) is 30.7 Å². The molecule has 0 bridgehead atoms. The van der Waals surface area contributed by atoms with Crippen molar-refractivity contribution in [2.24, 2.45) is 0 Å². The Hall–Kier alpha value is -1.62. The van der Waals surface area contributed by atoms with Crippen molar-refractivity contribution in [3.8, 4) is 11.5 Å². The largest absolute Gasteiger partial charge is 0.567 e. The highest BCUT2D eigenvalue weighted by Gasteiger charge is 2.32. The number of aromatic nitrogens is 2. The Balaban J connectivity index is 1.50. The van der Waals surface area contributed by atoms with Crippen LogP contribution in [-0.2, 0) is 16.8 Å². The molecule has 0 aliphatic rings. The van der Waals surface area contributed by atoms with E-state index in [9.17, 15) is 4.39 Å². The molecule has 12 heteroatoms. The first-order valence-corrected chi connectivity index (χ1v) is 11.7. The first kappa shape index (κ1) is 23.1. The van der Waals surface area contributed by atoms with Crippen LogP contribution in [0, 0.1) is 5.82 Å². The third-order valence-electron chi connectivity index (χ3n) is 3.86. The highest BCUT2D eigenvalue weighted by molar-refractivity contribution is 7.98. The van der Waals surface area contributed by atoms with Gasteiger partial charge in [0.05, 0.1) is 5.02 Å². The minimum atomic E-state index is -4.18. The van der Waals surface area contributed by atoms with E-state index in [1.165, 1.54) is 17.8 Å². The van der Waals surface area contributed by atoms with Gasteiger partial charge in [0.25, 0.3) is 5.22 Å². The molecule has 160 valence electrons. The van der Waals surface area contributed by atoms with Crippen molar-refractivity contribution in [1.29, 1.82) is 0 Å². The zero-order valence-electron chi connectivity index (χ0n) is 15.5. The van der Waals surface area contributed by atoms with Crippen molar-refractivity contribution in [1.82, 2.24) is 15.5 Å². The van der Waals surface area contributed by atoms with Gasteiger partial charge in [-0.15, -0.1) is 10.2 Å². The summed E-state index contributed by atoms with van der Waals surface area (Å²) >= 11 is 7.00. The number of thioether (sulfide) groups is 1. The van der Waals surface area contributed by atoms with E-state index in [0.717, 1.165) is 11.1 Å². The second-order valence-electron chi connectivity index (χ2n) is 6.09. The first-order valence-electron chi connectivity index (χ1n) is 8.73. The fraction of sp³-hybridized carbons (Fsp3) is 0.222.